The highest BCUT2D eigenvalue weighted by Gasteiger charge is 2.40. The Balaban J connectivity index is 2.14. The molecule has 2 rings (SSSR count). The second-order valence-corrected chi connectivity index (χ2v) is 9.24. The number of carboxylic acid groups (broad SMARTS) is 1. The summed E-state index contributed by atoms with van der Waals surface area (Å²) in [5.41, 5.74) is 0. The summed E-state index contributed by atoms with van der Waals surface area (Å²) in [6, 6.07) is -2.72. The maximum absolute atomic E-state index is 13.2. The van der Waals surface area contributed by atoms with E-state index < -0.39 is 30.0 Å². The average Bonchev–Trinajstić information content (AvgIpc) is 3.41. The van der Waals surface area contributed by atoms with Gasteiger partial charge in [-0.1, -0.05) is 34.1 Å². The molecule has 0 aliphatic carbocycles. The van der Waals surface area contributed by atoms with Crippen LogP contribution in [0, 0.1) is 11.8 Å². The molecule has 2 aliphatic heterocycles. The van der Waals surface area contributed by atoms with Crippen LogP contribution in [-0.4, -0.2) is 71.0 Å². The summed E-state index contributed by atoms with van der Waals surface area (Å²) in [6.45, 7) is 8.89. The van der Waals surface area contributed by atoms with Crippen molar-refractivity contribution in [3.05, 3.63) is 0 Å². The van der Waals surface area contributed by atoms with Crippen LogP contribution in [0.15, 0.2) is 0 Å². The van der Waals surface area contributed by atoms with Gasteiger partial charge in [0.15, 0.2) is 0 Å². The summed E-state index contributed by atoms with van der Waals surface area (Å²) in [5, 5.41) is 18.3. The first-order valence-electron chi connectivity index (χ1n) is 11.5. The normalized spacial score (nSPS) is 24.0. The molecule has 4 N–H and O–H groups in total. The second-order valence-electron chi connectivity index (χ2n) is 9.24. The molecule has 2 aliphatic rings. The summed E-state index contributed by atoms with van der Waals surface area (Å²) in [4.78, 5) is 51.9. The van der Waals surface area contributed by atoms with Gasteiger partial charge in [-0.3, -0.25) is 14.4 Å². The van der Waals surface area contributed by atoms with Crippen LogP contribution in [0.4, 0.5) is 0 Å². The van der Waals surface area contributed by atoms with Crippen LogP contribution in [0.5, 0.6) is 0 Å². The standard InChI is InChI=1S/C22H38N4O5/c1-5-14(4)18(21(29)26-11-7-9-17(26)22(30)31)25-20(28)16(12-13(2)3)24-19(27)15-8-6-10-23-15/h13-18,23H,5-12H2,1-4H3,(H,24,27)(H,25,28)(H,30,31). The third kappa shape index (κ3) is 6.66. The minimum absolute atomic E-state index is 0.167. The first-order valence-corrected chi connectivity index (χ1v) is 11.5. The minimum atomic E-state index is -1.02. The van der Waals surface area contributed by atoms with E-state index in [-0.39, 0.29) is 29.7 Å². The second kappa shape index (κ2) is 11.5. The number of nitrogens with zero attached hydrogens (tertiary/aromatic N) is 1. The number of hydrogen-bond acceptors (Lipinski definition) is 5. The molecule has 0 aromatic rings. The van der Waals surface area contributed by atoms with Gasteiger partial charge in [0, 0.05) is 6.54 Å². The van der Waals surface area contributed by atoms with Crippen LogP contribution in [0.1, 0.15) is 66.2 Å². The van der Waals surface area contributed by atoms with Gasteiger partial charge in [-0.25, -0.2) is 4.79 Å². The Bertz CT molecular complexity index is 662. The van der Waals surface area contributed by atoms with Crippen LogP contribution >= 0.6 is 0 Å². The van der Waals surface area contributed by atoms with Crippen LogP contribution < -0.4 is 16.0 Å². The molecule has 2 fully saturated rings. The van der Waals surface area contributed by atoms with E-state index in [4.69, 9.17) is 0 Å². The van der Waals surface area contributed by atoms with Crippen molar-refractivity contribution in [2.24, 2.45) is 11.8 Å². The molecule has 3 amide bonds. The highest BCUT2D eigenvalue weighted by atomic mass is 16.4. The molecular weight excluding hydrogens is 400 g/mol. The Labute approximate surface area is 184 Å². The van der Waals surface area contributed by atoms with Gasteiger partial charge in [-0.05, 0) is 50.5 Å². The van der Waals surface area contributed by atoms with Crippen molar-refractivity contribution < 1.29 is 24.3 Å². The predicted octanol–water partition coefficient (Wildman–Crippen LogP) is 0.876. The lowest BCUT2D eigenvalue weighted by Crippen LogP contribution is -2.58. The van der Waals surface area contributed by atoms with Gasteiger partial charge in [-0.2, -0.15) is 0 Å². The van der Waals surface area contributed by atoms with Crippen molar-refractivity contribution in [3.63, 3.8) is 0 Å². The summed E-state index contributed by atoms with van der Waals surface area (Å²) < 4.78 is 0. The quantitative estimate of drug-likeness (QED) is 0.401. The van der Waals surface area contributed by atoms with E-state index in [1.165, 1.54) is 4.90 Å². The molecule has 2 heterocycles. The summed E-state index contributed by atoms with van der Waals surface area (Å²) in [5.74, 6) is -1.98. The molecule has 5 unspecified atom stereocenters. The third-order valence-electron chi connectivity index (χ3n) is 6.31. The van der Waals surface area contributed by atoms with Gasteiger partial charge >= 0.3 is 5.97 Å². The Morgan fingerprint density at radius 3 is 2.35 bits per heavy atom. The van der Waals surface area contributed by atoms with Crippen LogP contribution in [0.3, 0.4) is 0 Å². The maximum atomic E-state index is 13.2. The fourth-order valence-corrected chi connectivity index (χ4v) is 4.29. The SMILES string of the molecule is CCC(C)C(NC(=O)C(CC(C)C)NC(=O)C1CCCN1)C(=O)N1CCCC1C(=O)O. The molecule has 5 atom stereocenters. The van der Waals surface area contributed by atoms with Crippen molar-refractivity contribution >= 4 is 23.7 Å². The number of amides is 3. The van der Waals surface area contributed by atoms with Gasteiger partial charge in [0.2, 0.25) is 17.7 Å². The summed E-state index contributed by atoms with van der Waals surface area (Å²) >= 11 is 0. The van der Waals surface area contributed by atoms with E-state index >= 15 is 0 Å². The number of carbonyl (C=O) groups is 4. The maximum Gasteiger partial charge on any atom is 0.326 e. The van der Waals surface area contributed by atoms with Gasteiger partial charge in [0.25, 0.3) is 0 Å². The number of hydrogen-bond donors (Lipinski definition) is 4. The zero-order chi connectivity index (χ0) is 23.1. The Kier molecular flexibility index (Phi) is 9.28. The Morgan fingerprint density at radius 1 is 1.10 bits per heavy atom. The van der Waals surface area contributed by atoms with Gasteiger partial charge in [0.1, 0.15) is 18.1 Å². The monoisotopic (exact) mass is 438 g/mol. The first kappa shape index (κ1) is 25.1. The number of carboxylic acids is 1. The molecule has 9 heteroatoms. The lowest BCUT2D eigenvalue weighted by Gasteiger charge is -2.32. The molecular formula is C22H38N4O5. The molecule has 9 nitrogen and oxygen atoms in total. The van der Waals surface area contributed by atoms with E-state index in [0.29, 0.717) is 32.2 Å². The van der Waals surface area contributed by atoms with Gasteiger partial charge in [0.05, 0.1) is 6.04 Å². The highest BCUT2D eigenvalue weighted by molar-refractivity contribution is 5.94. The summed E-state index contributed by atoms with van der Waals surface area (Å²) in [6.07, 6.45) is 3.81. The topological polar surface area (TPSA) is 128 Å². The molecule has 0 aromatic carbocycles. The van der Waals surface area contributed by atoms with Crippen molar-refractivity contribution in [1.29, 1.82) is 0 Å². The molecule has 0 bridgehead atoms. The van der Waals surface area contributed by atoms with E-state index in [1.807, 2.05) is 27.7 Å². The van der Waals surface area contributed by atoms with Crippen molar-refractivity contribution in [1.82, 2.24) is 20.9 Å². The molecule has 0 saturated carbocycles. The third-order valence-corrected chi connectivity index (χ3v) is 6.31. The number of aliphatic carboxylic acids is 1. The van der Waals surface area contributed by atoms with Gasteiger partial charge in [-0.15, -0.1) is 0 Å². The summed E-state index contributed by atoms with van der Waals surface area (Å²) in [7, 11) is 0. The largest absolute Gasteiger partial charge is 0.480 e. The fourth-order valence-electron chi connectivity index (χ4n) is 4.29. The molecule has 0 aromatic heterocycles. The van der Waals surface area contributed by atoms with E-state index in [2.05, 4.69) is 16.0 Å². The lowest BCUT2D eigenvalue weighted by atomic mass is 9.96. The number of rotatable bonds is 10. The molecule has 0 spiro atoms. The average molecular weight is 439 g/mol. The lowest BCUT2D eigenvalue weighted by molar-refractivity contribution is -0.150. The van der Waals surface area contributed by atoms with Crippen molar-refractivity contribution in [2.45, 2.75) is 90.4 Å². The molecule has 0 radical (unpaired) electrons. The van der Waals surface area contributed by atoms with Crippen molar-refractivity contribution in [3.8, 4) is 0 Å². The van der Waals surface area contributed by atoms with Crippen LogP contribution in [0.25, 0.3) is 0 Å². The van der Waals surface area contributed by atoms with E-state index in [0.717, 1.165) is 19.4 Å². The Hall–Kier alpha value is -2.16. The number of nitrogens with one attached hydrogen (secondary N) is 3. The first-order chi connectivity index (χ1) is 14.6. The van der Waals surface area contributed by atoms with E-state index in [1.54, 1.807) is 0 Å². The molecule has 2 saturated heterocycles. The number of likely N-dealkylation sites (tertiary alicyclic amines) is 1. The zero-order valence-electron chi connectivity index (χ0n) is 19.1. The fraction of sp³-hybridized carbons (Fsp3) is 0.818. The molecule has 176 valence electrons. The smallest absolute Gasteiger partial charge is 0.326 e. The van der Waals surface area contributed by atoms with Crippen LogP contribution in [0.2, 0.25) is 0 Å². The highest BCUT2D eigenvalue weighted by Crippen LogP contribution is 2.21. The van der Waals surface area contributed by atoms with Gasteiger partial charge < -0.3 is 26.0 Å². The van der Waals surface area contributed by atoms with E-state index in [9.17, 15) is 24.3 Å². The Morgan fingerprint density at radius 2 is 1.81 bits per heavy atom. The predicted molar refractivity (Wildman–Crippen MR) is 116 cm³/mol. The minimum Gasteiger partial charge on any atom is -0.480 e. The molecule has 31 heavy (non-hydrogen) atoms. The van der Waals surface area contributed by atoms with Crippen LogP contribution in [-0.2, 0) is 19.2 Å². The number of carbonyl (C=O) groups excluding carboxylic acids is 3. The van der Waals surface area contributed by atoms with Crippen molar-refractivity contribution in [2.75, 3.05) is 13.1 Å². The zero-order valence-corrected chi connectivity index (χ0v) is 19.1.